The van der Waals surface area contributed by atoms with Crippen molar-refractivity contribution < 1.29 is 13.2 Å². The molecular weight excluding hydrogens is 494 g/mol. The number of allylic oxidation sites excluding steroid dienone is 1. The van der Waals surface area contributed by atoms with Gasteiger partial charge in [0, 0.05) is 22.0 Å². The van der Waals surface area contributed by atoms with E-state index in [1.54, 1.807) is 72.1 Å². The fourth-order valence-electron chi connectivity index (χ4n) is 3.34. The van der Waals surface area contributed by atoms with Crippen molar-refractivity contribution in [1.29, 1.82) is 5.26 Å². The zero-order valence-electron chi connectivity index (χ0n) is 17.3. The van der Waals surface area contributed by atoms with Crippen molar-refractivity contribution in [2.45, 2.75) is 0 Å². The van der Waals surface area contributed by atoms with E-state index in [2.05, 4.69) is 11.1 Å². The Kier molecular flexibility index (Phi) is 6.08. The van der Waals surface area contributed by atoms with Crippen LogP contribution in [0.5, 0.6) is 0 Å². The predicted molar refractivity (Wildman–Crippen MR) is 133 cm³/mol. The van der Waals surface area contributed by atoms with E-state index in [0.717, 1.165) is 0 Å². The Morgan fingerprint density at radius 2 is 1.71 bits per heavy atom. The highest BCUT2D eigenvalue weighted by atomic mass is 35.5. The van der Waals surface area contributed by atoms with Gasteiger partial charge in [-0.25, -0.2) is 9.37 Å². The molecule has 34 heavy (non-hydrogen) atoms. The number of hydrogen-bond acceptors (Lipinski definition) is 5. The Bertz CT molecular complexity index is 1580. The van der Waals surface area contributed by atoms with E-state index in [9.17, 15) is 9.65 Å². The van der Waals surface area contributed by atoms with Gasteiger partial charge in [0.2, 0.25) is 0 Å². The van der Waals surface area contributed by atoms with Crippen LogP contribution in [0.4, 0.5) is 4.39 Å². The average Bonchev–Trinajstić information content (AvgIpc) is 3.58. The van der Waals surface area contributed by atoms with Crippen LogP contribution in [0.15, 0.2) is 80.9 Å². The summed E-state index contributed by atoms with van der Waals surface area (Å²) in [5.74, 6) is 1.55. The highest BCUT2D eigenvalue weighted by molar-refractivity contribution is 7.11. The Morgan fingerprint density at radius 3 is 2.50 bits per heavy atom. The molecule has 3 heterocycles. The topological polar surface area (TPSA) is 63.0 Å². The Balaban J connectivity index is 1.41. The number of aromatic nitrogens is 1. The minimum Gasteiger partial charge on any atom is -0.457 e. The van der Waals surface area contributed by atoms with Gasteiger partial charge in [-0.3, -0.25) is 0 Å². The van der Waals surface area contributed by atoms with Crippen molar-refractivity contribution in [3.05, 3.63) is 98.7 Å². The monoisotopic (exact) mass is 506 g/mol. The molecule has 0 radical (unpaired) electrons. The molecule has 3 aromatic heterocycles. The van der Waals surface area contributed by atoms with Crippen LogP contribution in [0.2, 0.25) is 10.0 Å². The number of nitriles is 1. The molecule has 8 heteroatoms. The highest BCUT2D eigenvalue weighted by Crippen LogP contribution is 2.35. The summed E-state index contributed by atoms with van der Waals surface area (Å²) < 4.78 is 25.7. The highest BCUT2D eigenvalue weighted by Gasteiger charge is 2.15. The molecule has 0 spiro atoms. The number of rotatable bonds is 5. The van der Waals surface area contributed by atoms with Gasteiger partial charge in [0.05, 0.1) is 16.2 Å². The van der Waals surface area contributed by atoms with Gasteiger partial charge in [-0.2, -0.15) is 5.26 Å². The van der Waals surface area contributed by atoms with Gasteiger partial charge in [0.15, 0.2) is 5.76 Å². The molecule has 0 unspecified atom stereocenters. The molecule has 5 rings (SSSR count). The van der Waals surface area contributed by atoms with Crippen LogP contribution >= 0.6 is 34.5 Å². The Hall–Kier alpha value is -3.63. The third kappa shape index (κ3) is 4.42. The van der Waals surface area contributed by atoms with Crippen molar-refractivity contribution in [3.8, 4) is 40.2 Å². The van der Waals surface area contributed by atoms with Gasteiger partial charge in [-0.05, 0) is 54.6 Å². The maximum atomic E-state index is 14.0. The largest absolute Gasteiger partial charge is 0.457 e. The van der Waals surface area contributed by atoms with Crippen molar-refractivity contribution in [1.82, 2.24) is 4.98 Å². The van der Waals surface area contributed by atoms with Gasteiger partial charge in [0.1, 0.15) is 39.9 Å². The molecule has 0 aliphatic rings. The molecule has 0 atom stereocenters. The lowest BCUT2D eigenvalue weighted by molar-refractivity contribution is 0.561. The van der Waals surface area contributed by atoms with E-state index >= 15 is 0 Å². The van der Waals surface area contributed by atoms with Crippen LogP contribution in [0.25, 0.3) is 45.8 Å². The second kappa shape index (κ2) is 9.32. The summed E-state index contributed by atoms with van der Waals surface area (Å²) in [4.78, 5) is 4.55. The zero-order chi connectivity index (χ0) is 23.7. The Labute approximate surface area is 208 Å². The van der Waals surface area contributed by atoms with Crippen molar-refractivity contribution in [2.24, 2.45) is 0 Å². The van der Waals surface area contributed by atoms with E-state index in [0.29, 0.717) is 60.5 Å². The molecular formula is C26H13Cl2FN2O2S. The van der Waals surface area contributed by atoms with Crippen LogP contribution < -0.4 is 0 Å². The number of thiazole rings is 1. The third-order valence-electron chi connectivity index (χ3n) is 4.96. The summed E-state index contributed by atoms with van der Waals surface area (Å²) >= 11 is 13.6. The Morgan fingerprint density at radius 1 is 0.941 bits per heavy atom. The molecule has 0 aliphatic carbocycles. The van der Waals surface area contributed by atoms with Crippen LogP contribution in [0, 0.1) is 17.1 Å². The van der Waals surface area contributed by atoms with Crippen LogP contribution in [0.1, 0.15) is 10.8 Å². The van der Waals surface area contributed by atoms with E-state index < -0.39 is 0 Å². The maximum Gasteiger partial charge on any atom is 0.154 e. The van der Waals surface area contributed by atoms with E-state index in [4.69, 9.17) is 32.0 Å². The summed E-state index contributed by atoms with van der Waals surface area (Å²) in [6, 6.07) is 20.6. The standard InChI is InChI=1S/C26H13Cl2FN2O2S/c27-16-5-7-18(20(28)12-16)23-9-10-25(33-23)22-14-34-26(31-22)15(13-30)11-17-6-8-24(32-17)19-3-1-2-4-21(19)29/h1-12,14H/b15-11+. The first kappa shape index (κ1) is 22.2. The first-order valence-electron chi connectivity index (χ1n) is 10.00. The molecule has 0 saturated heterocycles. The molecule has 5 aromatic rings. The molecule has 4 nitrogen and oxygen atoms in total. The van der Waals surface area contributed by atoms with Crippen LogP contribution in [-0.4, -0.2) is 4.98 Å². The lowest BCUT2D eigenvalue weighted by Crippen LogP contribution is -1.82. The predicted octanol–water partition coefficient (Wildman–Crippen LogP) is 8.84. The van der Waals surface area contributed by atoms with Crippen LogP contribution in [-0.2, 0) is 0 Å². The molecule has 0 amide bonds. The third-order valence-corrected chi connectivity index (χ3v) is 6.39. The lowest BCUT2D eigenvalue weighted by atomic mass is 10.1. The number of furan rings is 2. The van der Waals surface area contributed by atoms with E-state index in [1.807, 2.05) is 0 Å². The second-order valence-electron chi connectivity index (χ2n) is 7.18. The fourth-order valence-corrected chi connectivity index (χ4v) is 4.62. The number of benzene rings is 2. The van der Waals surface area contributed by atoms with Gasteiger partial charge in [-0.15, -0.1) is 11.3 Å². The summed E-state index contributed by atoms with van der Waals surface area (Å²) in [7, 11) is 0. The smallest absolute Gasteiger partial charge is 0.154 e. The number of halogens is 3. The molecule has 0 bridgehead atoms. The molecule has 0 fully saturated rings. The minimum atomic E-state index is -0.379. The van der Waals surface area contributed by atoms with Crippen molar-refractivity contribution in [2.75, 3.05) is 0 Å². The lowest BCUT2D eigenvalue weighted by Gasteiger charge is -2.01. The quantitative estimate of drug-likeness (QED) is 0.223. The fraction of sp³-hybridized carbons (Fsp3) is 0. The van der Waals surface area contributed by atoms with Gasteiger partial charge in [-0.1, -0.05) is 35.3 Å². The first-order valence-corrected chi connectivity index (χ1v) is 11.6. The van der Waals surface area contributed by atoms with Crippen LogP contribution in [0.3, 0.4) is 0 Å². The van der Waals surface area contributed by atoms with Crippen molar-refractivity contribution in [3.63, 3.8) is 0 Å². The molecule has 2 aromatic carbocycles. The number of hydrogen-bond donors (Lipinski definition) is 0. The minimum absolute atomic E-state index is 0.318. The second-order valence-corrected chi connectivity index (χ2v) is 8.88. The molecule has 0 N–H and O–H groups in total. The van der Waals surface area contributed by atoms with E-state index in [-0.39, 0.29) is 5.82 Å². The zero-order valence-corrected chi connectivity index (χ0v) is 19.6. The van der Waals surface area contributed by atoms with Gasteiger partial charge in [0.25, 0.3) is 0 Å². The summed E-state index contributed by atoms with van der Waals surface area (Å²) in [6.07, 6.45) is 1.58. The molecule has 0 saturated carbocycles. The maximum absolute atomic E-state index is 14.0. The normalized spacial score (nSPS) is 11.5. The SMILES string of the molecule is N#C/C(=C\c1ccc(-c2ccccc2F)o1)c1nc(-c2ccc(-c3ccc(Cl)cc3Cl)o2)cs1. The van der Waals surface area contributed by atoms with E-state index in [1.165, 1.54) is 17.4 Å². The molecule has 0 aliphatic heterocycles. The van der Waals surface area contributed by atoms with Gasteiger partial charge < -0.3 is 8.83 Å². The van der Waals surface area contributed by atoms with Crippen molar-refractivity contribution >= 4 is 46.2 Å². The van der Waals surface area contributed by atoms with Gasteiger partial charge >= 0.3 is 0 Å². The number of nitrogens with zero attached hydrogens (tertiary/aromatic N) is 2. The first-order chi connectivity index (χ1) is 16.5. The average molecular weight is 507 g/mol. The molecule has 166 valence electrons. The summed E-state index contributed by atoms with van der Waals surface area (Å²) in [5.41, 5.74) is 1.97. The summed E-state index contributed by atoms with van der Waals surface area (Å²) in [5, 5.41) is 13.0. The summed E-state index contributed by atoms with van der Waals surface area (Å²) in [6.45, 7) is 0.